The van der Waals surface area contributed by atoms with Gasteiger partial charge in [-0.2, -0.15) is 0 Å². The van der Waals surface area contributed by atoms with Gasteiger partial charge >= 0.3 is 0 Å². The van der Waals surface area contributed by atoms with Crippen LogP contribution >= 0.6 is 11.3 Å². The van der Waals surface area contributed by atoms with Gasteiger partial charge < -0.3 is 9.32 Å². The summed E-state index contributed by atoms with van der Waals surface area (Å²) in [7, 11) is -3.62. The van der Waals surface area contributed by atoms with Crippen molar-refractivity contribution in [2.24, 2.45) is 0 Å². The van der Waals surface area contributed by atoms with E-state index in [2.05, 4.69) is 0 Å². The molecule has 1 aromatic carbocycles. The van der Waals surface area contributed by atoms with Crippen molar-refractivity contribution in [1.82, 2.24) is 4.90 Å². The molecule has 2 heterocycles. The second kappa shape index (κ2) is 8.55. The minimum absolute atomic E-state index is 0.132. The smallest absolute Gasteiger partial charge is 0.264 e. The molecule has 1 saturated carbocycles. The summed E-state index contributed by atoms with van der Waals surface area (Å²) in [6, 6.07) is 15.3. The van der Waals surface area contributed by atoms with Gasteiger partial charge in [0, 0.05) is 6.04 Å². The zero-order chi connectivity index (χ0) is 20.3. The molecule has 1 aliphatic carbocycles. The summed E-state index contributed by atoms with van der Waals surface area (Å²) in [5, 5.41) is 0. The Balaban J connectivity index is 1.61. The summed E-state index contributed by atoms with van der Waals surface area (Å²) in [5.74, 6) is 0.602. The number of thiophene rings is 1. The SMILES string of the molecule is O=C(c1ccc(S(=O)(=O)c2ccccc2)s1)N(Cc1ccco1)C1CCCCC1. The van der Waals surface area contributed by atoms with Crippen LogP contribution in [0.25, 0.3) is 0 Å². The van der Waals surface area contributed by atoms with Crippen LogP contribution in [0.5, 0.6) is 0 Å². The largest absolute Gasteiger partial charge is 0.467 e. The van der Waals surface area contributed by atoms with Gasteiger partial charge in [0.1, 0.15) is 9.97 Å². The summed E-state index contributed by atoms with van der Waals surface area (Å²) in [4.78, 5) is 15.9. The monoisotopic (exact) mass is 429 g/mol. The van der Waals surface area contributed by atoms with Gasteiger partial charge in [0.05, 0.1) is 22.6 Å². The lowest BCUT2D eigenvalue weighted by molar-refractivity contribution is 0.0601. The minimum atomic E-state index is -3.62. The Morgan fingerprint density at radius 3 is 2.45 bits per heavy atom. The Bertz CT molecular complexity index is 1050. The summed E-state index contributed by atoms with van der Waals surface area (Å²) in [5.41, 5.74) is 0. The highest BCUT2D eigenvalue weighted by atomic mass is 32.2. The van der Waals surface area contributed by atoms with E-state index < -0.39 is 9.84 Å². The quantitative estimate of drug-likeness (QED) is 0.543. The second-order valence-corrected chi connectivity index (χ2v) is 10.5. The molecule has 0 spiro atoms. The summed E-state index contributed by atoms with van der Waals surface area (Å²) in [6.07, 6.45) is 6.93. The Kier molecular flexibility index (Phi) is 5.87. The Morgan fingerprint density at radius 2 is 1.76 bits per heavy atom. The van der Waals surface area contributed by atoms with Gasteiger partial charge in [0.25, 0.3) is 5.91 Å². The summed E-state index contributed by atoms with van der Waals surface area (Å²) in [6.45, 7) is 0.398. The molecule has 0 radical (unpaired) electrons. The molecule has 0 saturated heterocycles. The number of hydrogen-bond donors (Lipinski definition) is 0. The first-order chi connectivity index (χ1) is 14.1. The van der Waals surface area contributed by atoms with Crippen molar-refractivity contribution in [2.75, 3.05) is 0 Å². The zero-order valence-electron chi connectivity index (χ0n) is 16.0. The highest BCUT2D eigenvalue weighted by Gasteiger charge is 2.29. The van der Waals surface area contributed by atoms with Crippen LogP contribution in [-0.4, -0.2) is 25.3 Å². The summed E-state index contributed by atoms with van der Waals surface area (Å²) < 4.78 is 31.4. The van der Waals surface area contributed by atoms with Crippen molar-refractivity contribution < 1.29 is 17.6 Å². The maximum atomic E-state index is 13.3. The van der Waals surface area contributed by atoms with E-state index in [0.717, 1.165) is 42.8 Å². The van der Waals surface area contributed by atoms with Gasteiger partial charge in [0.2, 0.25) is 9.84 Å². The van der Waals surface area contributed by atoms with E-state index in [0.29, 0.717) is 11.4 Å². The number of nitrogens with zero attached hydrogens (tertiary/aromatic N) is 1. The molecule has 4 rings (SSSR count). The Hall–Kier alpha value is -2.38. The first kappa shape index (κ1) is 19.9. The van der Waals surface area contributed by atoms with E-state index in [1.807, 2.05) is 17.0 Å². The maximum absolute atomic E-state index is 13.3. The van der Waals surface area contributed by atoms with E-state index in [-0.39, 0.29) is 21.1 Å². The number of furan rings is 1. The molecule has 29 heavy (non-hydrogen) atoms. The number of benzene rings is 1. The van der Waals surface area contributed by atoms with E-state index in [1.165, 1.54) is 12.5 Å². The molecule has 3 aromatic rings. The second-order valence-electron chi connectivity index (χ2n) is 7.24. The minimum Gasteiger partial charge on any atom is -0.467 e. The average molecular weight is 430 g/mol. The number of sulfone groups is 1. The average Bonchev–Trinajstić information content (AvgIpc) is 3.45. The van der Waals surface area contributed by atoms with Crippen LogP contribution in [-0.2, 0) is 16.4 Å². The number of carbonyl (C=O) groups is 1. The molecule has 0 N–H and O–H groups in total. The maximum Gasteiger partial charge on any atom is 0.264 e. The molecule has 7 heteroatoms. The number of rotatable bonds is 6. The van der Waals surface area contributed by atoms with Crippen molar-refractivity contribution in [3.63, 3.8) is 0 Å². The lowest BCUT2D eigenvalue weighted by atomic mass is 9.94. The fourth-order valence-corrected chi connectivity index (χ4v) is 6.45. The summed E-state index contributed by atoms with van der Waals surface area (Å²) >= 11 is 1.04. The molecule has 1 aliphatic rings. The van der Waals surface area contributed by atoms with Crippen molar-refractivity contribution >= 4 is 27.1 Å². The molecule has 1 amide bonds. The highest BCUT2D eigenvalue weighted by molar-refractivity contribution is 7.93. The van der Waals surface area contributed by atoms with Gasteiger partial charge in [-0.1, -0.05) is 37.5 Å². The van der Waals surface area contributed by atoms with Crippen LogP contribution in [0, 0.1) is 0 Å². The topological polar surface area (TPSA) is 67.6 Å². The number of carbonyl (C=O) groups excluding carboxylic acids is 1. The van der Waals surface area contributed by atoms with E-state index in [9.17, 15) is 13.2 Å². The standard InChI is InChI=1S/C22H23NO4S2/c24-22(23(16-18-10-7-15-27-18)17-8-3-1-4-9-17)20-13-14-21(28-20)29(25,26)19-11-5-2-6-12-19/h2,5-7,10-15,17H,1,3-4,8-9,16H2. The highest BCUT2D eigenvalue weighted by Crippen LogP contribution is 2.31. The first-order valence-corrected chi connectivity index (χ1v) is 12.1. The molecular formula is C22H23NO4S2. The van der Waals surface area contributed by atoms with Crippen molar-refractivity contribution in [3.05, 3.63) is 71.5 Å². The fourth-order valence-electron chi connectivity index (χ4n) is 3.77. The van der Waals surface area contributed by atoms with Crippen LogP contribution in [0.1, 0.15) is 47.5 Å². The molecule has 5 nitrogen and oxygen atoms in total. The van der Waals surface area contributed by atoms with Gasteiger partial charge in [-0.3, -0.25) is 4.79 Å². The zero-order valence-corrected chi connectivity index (χ0v) is 17.6. The van der Waals surface area contributed by atoms with Crippen LogP contribution in [0.3, 0.4) is 0 Å². The van der Waals surface area contributed by atoms with Crippen molar-refractivity contribution in [2.45, 2.75) is 53.8 Å². The molecule has 2 aromatic heterocycles. The molecule has 0 unspecified atom stereocenters. The van der Waals surface area contributed by atoms with Crippen molar-refractivity contribution in [3.8, 4) is 0 Å². The third-order valence-corrected chi connectivity index (χ3v) is 8.63. The van der Waals surface area contributed by atoms with Gasteiger partial charge in [-0.25, -0.2) is 8.42 Å². The Morgan fingerprint density at radius 1 is 1.00 bits per heavy atom. The predicted octanol–water partition coefficient (Wildman–Crippen LogP) is 5.15. The molecule has 152 valence electrons. The molecule has 0 atom stereocenters. The van der Waals surface area contributed by atoms with Gasteiger partial charge in [0.15, 0.2) is 0 Å². The lowest BCUT2D eigenvalue weighted by Gasteiger charge is -2.33. The third-order valence-electron chi connectivity index (χ3n) is 5.29. The van der Waals surface area contributed by atoms with E-state index in [4.69, 9.17) is 4.42 Å². The predicted molar refractivity (Wildman–Crippen MR) is 112 cm³/mol. The first-order valence-electron chi connectivity index (χ1n) is 9.79. The fraction of sp³-hybridized carbons (Fsp3) is 0.318. The third kappa shape index (κ3) is 4.31. The molecule has 1 fully saturated rings. The van der Waals surface area contributed by atoms with Crippen LogP contribution in [0.2, 0.25) is 0 Å². The number of amides is 1. The van der Waals surface area contributed by atoms with Crippen LogP contribution in [0.15, 0.2) is 74.4 Å². The van der Waals surface area contributed by atoms with Crippen LogP contribution in [0.4, 0.5) is 0 Å². The molecular weight excluding hydrogens is 406 g/mol. The van der Waals surface area contributed by atoms with E-state index >= 15 is 0 Å². The van der Waals surface area contributed by atoms with Gasteiger partial charge in [-0.15, -0.1) is 11.3 Å². The van der Waals surface area contributed by atoms with Crippen LogP contribution < -0.4 is 0 Å². The van der Waals surface area contributed by atoms with E-state index in [1.54, 1.807) is 42.7 Å². The van der Waals surface area contributed by atoms with Gasteiger partial charge in [-0.05, 0) is 49.2 Å². The lowest BCUT2D eigenvalue weighted by Crippen LogP contribution is -2.40. The Labute approximate surface area is 174 Å². The molecule has 0 aliphatic heterocycles. The number of hydrogen-bond acceptors (Lipinski definition) is 5. The molecule has 0 bridgehead atoms. The van der Waals surface area contributed by atoms with Crippen molar-refractivity contribution in [1.29, 1.82) is 0 Å². The normalized spacial score (nSPS) is 15.3.